The average molecular weight is 1010 g/mol. The van der Waals surface area contributed by atoms with E-state index in [1.807, 2.05) is 0 Å². The Morgan fingerprint density at radius 3 is 2.27 bits per heavy atom. The van der Waals surface area contributed by atoms with Crippen LogP contribution in [0, 0.1) is 12.7 Å². The summed E-state index contributed by atoms with van der Waals surface area (Å²) in [6, 6.07) is 11.9. The standard InChI is InChI=1S/C50H54FN9O13/c1-3-50(71)34-18-38-46-32(24-60(38)48(69)33(34)25-73-49(50)70)31(30-16-28(2)35(51)19-36(30)58-46)20-52-43(65)26-72-27-56-41(63)22-55-47(68)37(17-29-10-6-4-7-11-29)57-42(64)23-54-40(62)21-53-39(61)12-8-5-9-15-59-44(66)13-14-45(59)67/h4,6-7,10-11,13-14,16,18-19,37,71H,3,5,8-9,12,15,17,20-27H2,1-2H3,(H,52,65)(H,53,61)(H,54,62)(H,55,68)(H,56,63)(H,57,64)/t37-,50-/m0/s1. The number of carbonyl (C=O) groups is 9. The van der Waals surface area contributed by atoms with E-state index in [0.29, 0.717) is 58.3 Å². The van der Waals surface area contributed by atoms with Crippen molar-refractivity contribution in [3.05, 3.63) is 110 Å². The fraction of sp³-hybridized carbons (Fsp3) is 0.380. The highest BCUT2D eigenvalue weighted by molar-refractivity contribution is 6.12. The molecule has 5 heterocycles. The number of ether oxygens (including phenoxy) is 2. The molecule has 3 aliphatic heterocycles. The minimum atomic E-state index is -2.05. The fourth-order valence-electron chi connectivity index (χ4n) is 8.56. The van der Waals surface area contributed by atoms with Gasteiger partial charge in [-0.1, -0.05) is 43.7 Å². The molecule has 2 aromatic heterocycles. The van der Waals surface area contributed by atoms with Gasteiger partial charge in [0.2, 0.25) is 35.4 Å². The second-order valence-electron chi connectivity index (χ2n) is 17.6. The number of aliphatic hydroxyl groups is 1. The number of aryl methyl sites for hydroxylation is 1. The Morgan fingerprint density at radius 2 is 1.53 bits per heavy atom. The molecule has 7 N–H and O–H groups in total. The zero-order valence-corrected chi connectivity index (χ0v) is 40.0. The van der Waals surface area contributed by atoms with E-state index in [1.165, 1.54) is 28.9 Å². The lowest BCUT2D eigenvalue weighted by molar-refractivity contribution is -0.172. The van der Waals surface area contributed by atoms with Gasteiger partial charge in [-0.05, 0) is 55.0 Å². The van der Waals surface area contributed by atoms with E-state index >= 15 is 0 Å². The first-order chi connectivity index (χ1) is 35.0. The maximum atomic E-state index is 14.9. The van der Waals surface area contributed by atoms with Crippen molar-refractivity contribution in [2.45, 2.75) is 83.7 Å². The van der Waals surface area contributed by atoms with Gasteiger partial charge < -0.3 is 51.0 Å². The van der Waals surface area contributed by atoms with E-state index in [-0.39, 0.29) is 74.0 Å². The van der Waals surface area contributed by atoms with Gasteiger partial charge in [0.1, 0.15) is 31.8 Å². The quantitative estimate of drug-likeness (QED) is 0.0193. The molecule has 0 bridgehead atoms. The number of esters is 1. The number of rotatable bonds is 23. The number of hydrogen-bond acceptors (Lipinski definition) is 14. The summed E-state index contributed by atoms with van der Waals surface area (Å²) in [4.78, 5) is 132. The van der Waals surface area contributed by atoms with Gasteiger partial charge in [0.25, 0.3) is 17.4 Å². The number of imide groups is 1. The highest BCUT2D eigenvalue weighted by atomic mass is 19.1. The number of unbranched alkanes of at least 4 members (excludes halogenated alkanes) is 2. The lowest BCUT2D eigenvalue weighted by Gasteiger charge is -2.31. The second-order valence-corrected chi connectivity index (χ2v) is 17.6. The Bertz CT molecular complexity index is 2960. The van der Waals surface area contributed by atoms with Crippen molar-refractivity contribution in [1.29, 1.82) is 0 Å². The molecule has 384 valence electrons. The zero-order chi connectivity index (χ0) is 52.4. The molecule has 0 fully saturated rings. The molecular weight excluding hydrogens is 954 g/mol. The van der Waals surface area contributed by atoms with Crippen LogP contribution in [0.2, 0.25) is 0 Å². The Morgan fingerprint density at radius 1 is 0.836 bits per heavy atom. The Labute approximate surface area is 416 Å². The summed E-state index contributed by atoms with van der Waals surface area (Å²) in [5.41, 5.74) is 0.658. The molecular formula is C50H54FN9O13. The van der Waals surface area contributed by atoms with E-state index in [9.17, 15) is 57.4 Å². The maximum absolute atomic E-state index is 14.9. The summed E-state index contributed by atoms with van der Waals surface area (Å²) in [5, 5.41) is 26.8. The summed E-state index contributed by atoms with van der Waals surface area (Å²) in [6.45, 7) is 0.612. The minimum Gasteiger partial charge on any atom is -0.458 e. The number of benzene rings is 2. The first kappa shape index (κ1) is 52.6. The van der Waals surface area contributed by atoms with Gasteiger partial charge in [-0.25, -0.2) is 14.2 Å². The Kier molecular flexibility index (Phi) is 16.8. The topological polar surface area (TPSA) is 303 Å². The van der Waals surface area contributed by atoms with Crippen LogP contribution in [0.1, 0.15) is 72.4 Å². The molecule has 0 aliphatic carbocycles. The summed E-state index contributed by atoms with van der Waals surface area (Å²) >= 11 is 0. The summed E-state index contributed by atoms with van der Waals surface area (Å²) in [5.74, 6) is -5.93. The van der Waals surface area contributed by atoms with Crippen LogP contribution in [0.25, 0.3) is 22.3 Å². The molecule has 0 saturated heterocycles. The van der Waals surface area contributed by atoms with Gasteiger partial charge >= 0.3 is 5.97 Å². The number of pyridine rings is 2. The second kappa shape index (κ2) is 23.4. The van der Waals surface area contributed by atoms with Crippen LogP contribution >= 0.6 is 0 Å². The van der Waals surface area contributed by atoms with Crippen molar-refractivity contribution < 1.29 is 62.1 Å². The zero-order valence-electron chi connectivity index (χ0n) is 40.0. The normalized spacial score (nSPS) is 15.7. The van der Waals surface area contributed by atoms with Crippen LogP contribution in [0.5, 0.6) is 0 Å². The molecule has 2 atom stereocenters. The molecule has 0 saturated carbocycles. The van der Waals surface area contributed by atoms with Crippen LogP contribution in [0.15, 0.2) is 65.5 Å². The molecule has 8 amide bonds. The summed E-state index contributed by atoms with van der Waals surface area (Å²) < 4.78 is 26.9. The number of nitrogens with zero attached hydrogens (tertiary/aromatic N) is 3. The summed E-state index contributed by atoms with van der Waals surface area (Å²) in [6.07, 6.45) is 4.04. The molecule has 7 rings (SSSR count). The van der Waals surface area contributed by atoms with Crippen molar-refractivity contribution in [1.82, 2.24) is 46.4 Å². The number of halogens is 1. The maximum Gasteiger partial charge on any atom is 0.343 e. The van der Waals surface area contributed by atoms with Crippen LogP contribution in [-0.2, 0) is 84.3 Å². The highest BCUT2D eigenvalue weighted by Gasteiger charge is 2.45. The van der Waals surface area contributed by atoms with Crippen molar-refractivity contribution in [2.75, 3.05) is 39.5 Å². The number of nitrogens with one attached hydrogen (secondary N) is 6. The Balaban J connectivity index is 0.855. The van der Waals surface area contributed by atoms with Gasteiger partial charge in [-0.3, -0.25) is 48.1 Å². The third-order valence-electron chi connectivity index (χ3n) is 12.6. The van der Waals surface area contributed by atoms with Crippen LogP contribution < -0.4 is 37.5 Å². The molecule has 73 heavy (non-hydrogen) atoms. The molecule has 0 unspecified atom stereocenters. The first-order valence-electron chi connectivity index (χ1n) is 23.5. The molecule has 2 aromatic carbocycles. The average Bonchev–Trinajstić information content (AvgIpc) is 3.91. The van der Waals surface area contributed by atoms with E-state index in [4.69, 9.17) is 14.5 Å². The smallest absolute Gasteiger partial charge is 0.343 e. The summed E-state index contributed by atoms with van der Waals surface area (Å²) in [7, 11) is 0. The Hall–Kier alpha value is -8.18. The third kappa shape index (κ3) is 12.5. The fourth-order valence-corrected chi connectivity index (χ4v) is 8.56. The van der Waals surface area contributed by atoms with E-state index < -0.39 is 97.4 Å². The van der Waals surface area contributed by atoms with E-state index in [0.717, 1.165) is 4.90 Å². The number of hydrogen-bond donors (Lipinski definition) is 7. The van der Waals surface area contributed by atoms with Crippen LogP contribution in [0.3, 0.4) is 0 Å². The molecule has 0 spiro atoms. The van der Waals surface area contributed by atoms with E-state index in [2.05, 4.69) is 31.9 Å². The molecule has 22 nitrogen and oxygen atoms in total. The number of carbonyl (C=O) groups excluding carboxylic acids is 9. The van der Waals surface area contributed by atoms with Crippen molar-refractivity contribution in [3.8, 4) is 11.4 Å². The molecule has 3 aliphatic rings. The predicted octanol–water partition coefficient (Wildman–Crippen LogP) is -0.205. The van der Waals surface area contributed by atoms with Gasteiger partial charge in [0.15, 0.2) is 5.60 Å². The molecule has 23 heteroatoms. The lowest BCUT2D eigenvalue weighted by Crippen LogP contribution is -2.52. The van der Waals surface area contributed by atoms with Crippen molar-refractivity contribution in [3.63, 3.8) is 0 Å². The predicted molar refractivity (Wildman–Crippen MR) is 255 cm³/mol. The van der Waals surface area contributed by atoms with Crippen molar-refractivity contribution >= 4 is 64.1 Å². The van der Waals surface area contributed by atoms with Crippen molar-refractivity contribution in [2.24, 2.45) is 0 Å². The third-order valence-corrected chi connectivity index (χ3v) is 12.6. The monoisotopic (exact) mass is 1010 g/mol. The van der Waals surface area contributed by atoms with Crippen LogP contribution in [-0.4, -0.2) is 118 Å². The first-order valence-corrected chi connectivity index (χ1v) is 23.5. The number of aromatic nitrogens is 2. The lowest BCUT2D eigenvalue weighted by atomic mass is 9.86. The van der Waals surface area contributed by atoms with Gasteiger partial charge in [0, 0.05) is 60.7 Å². The van der Waals surface area contributed by atoms with Gasteiger partial charge in [-0.2, -0.15) is 0 Å². The molecule has 0 radical (unpaired) electrons. The van der Waals surface area contributed by atoms with Gasteiger partial charge in [-0.15, -0.1) is 0 Å². The number of cyclic esters (lactones) is 1. The van der Waals surface area contributed by atoms with E-state index in [1.54, 1.807) is 50.2 Å². The number of amides is 8. The van der Waals surface area contributed by atoms with Gasteiger partial charge in [0.05, 0.1) is 48.6 Å². The molecule has 4 aromatic rings. The minimum absolute atomic E-state index is 0.0267. The largest absolute Gasteiger partial charge is 0.458 e. The highest BCUT2D eigenvalue weighted by Crippen LogP contribution is 2.40. The number of fused-ring (bicyclic) bond motifs is 5. The SMILES string of the molecule is CC[C@@]1(O)C(=O)OCc2c1cc1n(c2=O)Cc2c-1nc1cc(F)c(C)cc1c2CNC(=O)COCNC(=O)CNC(=O)[C@H](Cc1ccccc1)NC(=O)CNC(=O)CNC(=O)CCCCCN1C(=O)C=CC1=O. The van der Waals surface area contributed by atoms with Crippen LogP contribution in [0.4, 0.5) is 4.39 Å².